The second-order valence-corrected chi connectivity index (χ2v) is 10.7. The Hall–Kier alpha value is -2.38. The van der Waals surface area contributed by atoms with Crippen molar-refractivity contribution in [3.8, 4) is 11.5 Å². The van der Waals surface area contributed by atoms with Gasteiger partial charge in [0, 0.05) is 17.9 Å². The third-order valence-corrected chi connectivity index (χ3v) is 6.28. The highest BCUT2D eigenvalue weighted by atomic mass is 32.5. The van der Waals surface area contributed by atoms with Gasteiger partial charge in [-0.3, -0.25) is 0 Å². The molecule has 0 aliphatic rings. The van der Waals surface area contributed by atoms with Gasteiger partial charge in [-0.15, -0.1) is 0 Å². The zero-order valence-corrected chi connectivity index (χ0v) is 17.4. The first kappa shape index (κ1) is 23.9. The van der Waals surface area contributed by atoms with Crippen molar-refractivity contribution in [2.75, 3.05) is 13.4 Å². The van der Waals surface area contributed by atoms with Crippen molar-refractivity contribution in [3.05, 3.63) is 47.0 Å². The normalized spacial score (nSPS) is 14.6. The predicted octanol–water partition coefficient (Wildman–Crippen LogP) is 5.13. The first-order valence-corrected chi connectivity index (χ1v) is 11.8. The Morgan fingerprint density at radius 3 is 2.17 bits per heavy atom. The number of benzene rings is 2. The monoisotopic (exact) mass is 476 g/mol. The number of rotatable bonds is 6. The van der Waals surface area contributed by atoms with Crippen LogP contribution in [0.5, 0.6) is 11.5 Å². The van der Waals surface area contributed by atoms with Gasteiger partial charge in [0.05, 0.1) is 19.3 Å². The molecule has 0 bridgehead atoms. The summed E-state index contributed by atoms with van der Waals surface area (Å²) < 4.78 is 100. The summed E-state index contributed by atoms with van der Waals surface area (Å²) in [5.41, 5.74) is -1.03. The summed E-state index contributed by atoms with van der Waals surface area (Å²) in [6, 6.07) is 3.43. The van der Waals surface area contributed by atoms with E-state index in [0.717, 1.165) is 31.6 Å². The number of aryl methyl sites for hydroxylation is 1. The van der Waals surface area contributed by atoms with E-state index >= 15 is 0 Å². The van der Waals surface area contributed by atoms with Gasteiger partial charge < -0.3 is 14.6 Å². The molecule has 1 N–H and O–H groups in total. The zero-order chi connectivity index (χ0) is 23.2. The average molecular weight is 476 g/mol. The van der Waals surface area contributed by atoms with Crippen LogP contribution in [0.2, 0.25) is 0 Å². The maximum absolute atomic E-state index is 13.3. The van der Waals surface area contributed by atoms with Crippen LogP contribution in [-0.4, -0.2) is 32.9 Å². The molecular formula is C17H17F5O6S2. The van der Waals surface area contributed by atoms with Crippen molar-refractivity contribution in [1.29, 1.82) is 0 Å². The lowest BCUT2D eigenvalue weighted by molar-refractivity contribution is 0.0599. The molecule has 2 aromatic carbocycles. The van der Waals surface area contributed by atoms with E-state index in [9.17, 15) is 32.6 Å². The minimum Gasteiger partial charge on any atom is -0.465 e. The summed E-state index contributed by atoms with van der Waals surface area (Å²) >= 11 is 0. The molecular weight excluding hydrogens is 459 g/mol. The molecule has 0 saturated heterocycles. The zero-order valence-electron chi connectivity index (χ0n) is 15.8. The number of halogens is 5. The van der Waals surface area contributed by atoms with Crippen LogP contribution in [0.25, 0.3) is 0 Å². The molecule has 2 aromatic rings. The van der Waals surface area contributed by atoms with Crippen LogP contribution in [-0.2, 0) is 21.2 Å². The largest absolute Gasteiger partial charge is 0.465 e. The van der Waals surface area contributed by atoms with Crippen LogP contribution >= 0.6 is 10.2 Å². The number of carbonyl (C=O) groups is 1. The molecule has 0 heterocycles. The van der Waals surface area contributed by atoms with Crippen molar-refractivity contribution in [3.63, 3.8) is 0 Å². The van der Waals surface area contributed by atoms with Gasteiger partial charge in [0.2, 0.25) is 0 Å². The highest BCUT2D eigenvalue weighted by molar-refractivity contribution is 8.45. The fourth-order valence-corrected chi connectivity index (χ4v) is 4.34. The lowest BCUT2D eigenvalue weighted by Gasteiger charge is -2.41. The Bertz CT molecular complexity index is 1130. The quantitative estimate of drug-likeness (QED) is 0.460. The van der Waals surface area contributed by atoms with Crippen molar-refractivity contribution in [2.45, 2.75) is 23.3 Å². The standard InChI is InChI=1S/C17H17F5O6S2/c1-10-6-14(15(29(3,25)26)8-13(10)17(24)27-2)28-12-5-4-11(9-23)16(7-12)30(18,19,20,21)22/h4-8,23H,9H2,1-3H3. The maximum atomic E-state index is 13.3. The van der Waals surface area contributed by atoms with Crippen LogP contribution in [0.3, 0.4) is 0 Å². The van der Waals surface area contributed by atoms with Crippen LogP contribution < -0.4 is 4.74 Å². The molecule has 0 amide bonds. The summed E-state index contributed by atoms with van der Waals surface area (Å²) in [6.07, 6.45) is 0.764. The molecule has 0 fully saturated rings. The Balaban J connectivity index is 2.69. The number of methoxy groups -OCH3 is 1. The number of carbonyl (C=O) groups excluding carboxylic acids is 1. The van der Waals surface area contributed by atoms with Crippen LogP contribution in [0, 0.1) is 6.92 Å². The van der Waals surface area contributed by atoms with Gasteiger partial charge in [0.1, 0.15) is 21.3 Å². The highest BCUT2D eigenvalue weighted by Gasteiger charge is 2.66. The first-order chi connectivity index (χ1) is 13.4. The highest BCUT2D eigenvalue weighted by Crippen LogP contribution is 3.02. The van der Waals surface area contributed by atoms with Gasteiger partial charge in [0.15, 0.2) is 9.84 Å². The lowest BCUT2D eigenvalue weighted by atomic mass is 10.1. The Kier molecular flexibility index (Phi) is 5.43. The maximum Gasteiger partial charge on any atom is 0.338 e. The molecule has 0 aromatic heterocycles. The molecule has 0 aliphatic carbocycles. The Labute approximate surface area is 168 Å². The minimum atomic E-state index is -10.2. The molecule has 168 valence electrons. The number of aliphatic hydroxyl groups excluding tert-OH is 1. The second-order valence-electron chi connectivity index (χ2n) is 6.38. The van der Waals surface area contributed by atoms with Gasteiger partial charge in [-0.05, 0) is 30.7 Å². The minimum absolute atomic E-state index is 0.0112. The van der Waals surface area contributed by atoms with Gasteiger partial charge in [0.25, 0.3) is 0 Å². The van der Waals surface area contributed by atoms with E-state index in [-0.39, 0.29) is 17.2 Å². The van der Waals surface area contributed by atoms with E-state index in [4.69, 9.17) is 9.84 Å². The molecule has 0 radical (unpaired) electrons. The molecule has 30 heavy (non-hydrogen) atoms. The molecule has 0 saturated carbocycles. The van der Waals surface area contributed by atoms with E-state index in [2.05, 4.69) is 4.74 Å². The van der Waals surface area contributed by atoms with E-state index in [0.29, 0.717) is 6.07 Å². The van der Waals surface area contributed by atoms with Crippen molar-refractivity contribution >= 4 is 26.0 Å². The summed E-state index contributed by atoms with van der Waals surface area (Å²) in [7, 11) is -13.2. The number of ether oxygens (including phenoxy) is 2. The average Bonchev–Trinajstić information content (AvgIpc) is 2.58. The number of aliphatic hydroxyl groups is 1. The van der Waals surface area contributed by atoms with Crippen molar-refractivity contribution < 1.29 is 47.2 Å². The smallest absolute Gasteiger partial charge is 0.338 e. The third-order valence-electron chi connectivity index (χ3n) is 3.95. The first-order valence-electron chi connectivity index (χ1n) is 7.96. The lowest BCUT2D eigenvalue weighted by Crippen LogP contribution is -2.10. The van der Waals surface area contributed by atoms with Gasteiger partial charge in [-0.1, -0.05) is 25.5 Å². The third kappa shape index (κ3) is 5.21. The molecule has 6 nitrogen and oxygen atoms in total. The SMILES string of the molecule is COC(=O)c1cc(S(C)(=O)=O)c(Oc2ccc(CO)c(S(F)(F)(F)(F)F)c2)cc1C. The molecule has 0 atom stereocenters. The van der Waals surface area contributed by atoms with Crippen molar-refractivity contribution in [2.24, 2.45) is 0 Å². The summed E-state index contributed by atoms with van der Waals surface area (Å²) in [5.74, 6) is -2.09. The summed E-state index contributed by atoms with van der Waals surface area (Å²) in [4.78, 5) is 8.88. The van der Waals surface area contributed by atoms with Crippen molar-refractivity contribution in [1.82, 2.24) is 0 Å². The molecule has 13 heteroatoms. The second kappa shape index (κ2) is 6.82. The molecule has 2 rings (SSSR count). The number of hydrogen-bond donors (Lipinski definition) is 1. The molecule has 0 aliphatic heterocycles. The fraction of sp³-hybridized carbons (Fsp3) is 0.235. The van der Waals surface area contributed by atoms with E-state index in [1.165, 1.54) is 6.92 Å². The van der Waals surface area contributed by atoms with Crippen LogP contribution in [0.15, 0.2) is 40.1 Å². The topological polar surface area (TPSA) is 89.9 Å². The summed E-state index contributed by atoms with van der Waals surface area (Å²) in [5, 5.41) is 9.01. The van der Waals surface area contributed by atoms with E-state index in [1.807, 2.05) is 0 Å². The van der Waals surface area contributed by atoms with Gasteiger partial charge in [-0.25, -0.2) is 13.2 Å². The molecule has 0 spiro atoms. The van der Waals surface area contributed by atoms with Gasteiger partial charge >= 0.3 is 16.2 Å². The number of hydrogen-bond acceptors (Lipinski definition) is 6. The summed E-state index contributed by atoms with van der Waals surface area (Å²) in [6.45, 7) is 0.0862. The predicted molar refractivity (Wildman–Crippen MR) is 99.5 cm³/mol. The number of sulfone groups is 1. The van der Waals surface area contributed by atoms with E-state index < -0.39 is 59.5 Å². The Morgan fingerprint density at radius 1 is 1.10 bits per heavy atom. The number of esters is 1. The molecule has 0 unspecified atom stereocenters. The van der Waals surface area contributed by atoms with Crippen LogP contribution in [0.4, 0.5) is 19.4 Å². The Morgan fingerprint density at radius 2 is 1.70 bits per heavy atom. The van der Waals surface area contributed by atoms with E-state index in [1.54, 1.807) is 0 Å². The fourth-order valence-electron chi connectivity index (χ4n) is 2.58. The van der Waals surface area contributed by atoms with Gasteiger partial charge in [-0.2, -0.15) is 0 Å². The van der Waals surface area contributed by atoms with Crippen LogP contribution in [0.1, 0.15) is 21.5 Å².